The van der Waals surface area contributed by atoms with Gasteiger partial charge in [0.05, 0.1) is 18.5 Å². The Morgan fingerprint density at radius 3 is 2.74 bits per heavy atom. The Labute approximate surface area is 119 Å². The number of anilines is 1. The molecule has 1 aromatic carbocycles. The van der Waals surface area contributed by atoms with Crippen LogP contribution >= 0.6 is 12.2 Å². The molecule has 0 aliphatic rings. The summed E-state index contributed by atoms with van der Waals surface area (Å²) in [5.74, 6) is -0.0948. The molecule has 0 aromatic heterocycles. The first kappa shape index (κ1) is 15.9. The van der Waals surface area contributed by atoms with Gasteiger partial charge in [-0.1, -0.05) is 24.4 Å². The number of hydrogen-bond acceptors (Lipinski definition) is 4. The maximum atomic E-state index is 11.8. The summed E-state index contributed by atoms with van der Waals surface area (Å²) in [6.45, 7) is 3.86. The third-order valence-corrected chi connectivity index (χ3v) is 3.71. The van der Waals surface area contributed by atoms with Crippen molar-refractivity contribution in [1.29, 1.82) is 0 Å². The first-order valence-corrected chi connectivity index (χ1v) is 7.88. The number of nitrogens with two attached hydrogens (primary N) is 1. The number of ether oxygens (including phenoxy) is 1. The molecule has 5 nitrogen and oxygen atoms in total. The number of hydrogen-bond donors (Lipinski definition) is 2. The first-order valence-electron chi connectivity index (χ1n) is 5.82. The summed E-state index contributed by atoms with van der Waals surface area (Å²) < 4.78 is 31.3. The Morgan fingerprint density at radius 1 is 1.47 bits per heavy atom. The summed E-state index contributed by atoms with van der Waals surface area (Å²) in [4.78, 5) is 0.226. The van der Waals surface area contributed by atoms with Gasteiger partial charge in [-0.15, -0.1) is 0 Å². The maximum Gasteiger partial charge on any atom is 0.235 e. The molecule has 0 fully saturated rings. The number of thiocarbonyl (C=S) groups is 1. The zero-order chi connectivity index (χ0) is 14.5. The van der Waals surface area contributed by atoms with Gasteiger partial charge in [0.15, 0.2) is 0 Å². The van der Waals surface area contributed by atoms with Crippen LogP contribution in [0.15, 0.2) is 24.3 Å². The van der Waals surface area contributed by atoms with Gasteiger partial charge >= 0.3 is 0 Å². The van der Waals surface area contributed by atoms with Crippen molar-refractivity contribution in [2.24, 2.45) is 5.73 Å². The van der Waals surface area contributed by atoms with E-state index in [0.29, 0.717) is 11.3 Å². The molecule has 7 heteroatoms. The van der Waals surface area contributed by atoms with E-state index < -0.39 is 10.0 Å². The Kier molecular flexibility index (Phi) is 5.71. The Morgan fingerprint density at radius 2 is 2.16 bits per heavy atom. The summed E-state index contributed by atoms with van der Waals surface area (Å²) in [5.41, 5.74) is 6.55. The summed E-state index contributed by atoms with van der Waals surface area (Å²) in [6.07, 6.45) is 0.00754. The standard InChI is InChI=1S/C12H18N2O3S2/c1-9(2)17-6-7-19(15,16)14-11-5-3-4-10(8-11)12(13)18/h3-5,8-9,14H,6-7H2,1-2H3,(H2,13,18). The van der Waals surface area contributed by atoms with Crippen LogP contribution in [0.2, 0.25) is 0 Å². The van der Waals surface area contributed by atoms with E-state index in [2.05, 4.69) is 4.72 Å². The highest BCUT2D eigenvalue weighted by Gasteiger charge is 2.11. The van der Waals surface area contributed by atoms with Crippen molar-refractivity contribution in [3.63, 3.8) is 0 Å². The molecular weight excluding hydrogens is 284 g/mol. The maximum absolute atomic E-state index is 11.8. The zero-order valence-corrected chi connectivity index (χ0v) is 12.6. The molecule has 1 aromatic rings. The van der Waals surface area contributed by atoms with Gasteiger partial charge in [0.2, 0.25) is 10.0 Å². The predicted octanol–water partition coefficient (Wildman–Crippen LogP) is 1.49. The highest BCUT2D eigenvalue weighted by atomic mass is 32.2. The van der Waals surface area contributed by atoms with Gasteiger partial charge < -0.3 is 10.5 Å². The molecule has 0 aliphatic heterocycles. The molecule has 0 saturated heterocycles. The minimum Gasteiger partial charge on any atom is -0.389 e. The minimum atomic E-state index is -3.43. The van der Waals surface area contributed by atoms with Gasteiger partial charge in [0, 0.05) is 11.3 Å². The van der Waals surface area contributed by atoms with Crippen LogP contribution in [0.5, 0.6) is 0 Å². The topological polar surface area (TPSA) is 81.4 Å². The van der Waals surface area contributed by atoms with Crippen LogP contribution in [0, 0.1) is 0 Å². The van der Waals surface area contributed by atoms with E-state index in [1.54, 1.807) is 24.3 Å². The molecule has 3 N–H and O–H groups in total. The molecule has 106 valence electrons. The van der Waals surface area contributed by atoms with Gasteiger partial charge in [0.1, 0.15) is 4.99 Å². The molecule has 0 aliphatic carbocycles. The number of sulfonamides is 1. The van der Waals surface area contributed by atoms with E-state index in [1.165, 1.54) is 0 Å². The molecule has 0 spiro atoms. The molecular formula is C12H18N2O3S2. The van der Waals surface area contributed by atoms with Crippen LogP contribution in [0.4, 0.5) is 5.69 Å². The van der Waals surface area contributed by atoms with Gasteiger partial charge in [-0.25, -0.2) is 8.42 Å². The highest BCUT2D eigenvalue weighted by Crippen LogP contribution is 2.12. The van der Waals surface area contributed by atoms with Crippen molar-refractivity contribution >= 4 is 32.9 Å². The molecule has 1 rings (SSSR count). The van der Waals surface area contributed by atoms with Crippen molar-refractivity contribution in [1.82, 2.24) is 0 Å². The summed E-state index contributed by atoms with van der Waals surface area (Å²) in [7, 11) is -3.43. The van der Waals surface area contributed by atoms with Crippen molar-refractivity contribution in [2.45, 2.75) is 20.0 Å². The lowest BCUT2D eigenvalue weighted by atomic mass is 10.2. The summed E-state index contributed by atoms with van der Waals surface area (Å²) >= 11 is 4.84. The lowest BCUT2D eigenvalue weighted by molar-refractivity contribution is 0.0913. The van der Waals surface area contributed by atoms with Crippen molar-refractivity contribution in [3.8, 4) is 0 Å². The van der Waals surface area contributed by atoms with Crippen LogP contribution in [-0.2, 0) is 14.8 Å². The largest absolute Gasteiger partial charge is 0.389 e. The van der Waals surface area contributed by atoms with Gasteiger partial charge in [0.25, 0.3) is 0 Å². The van der Waals surface area contributed by atoms with Gasteiger partial charge in [-0.3, -0.25) is 4.72 Å². The number of benzene rings is 1. The van der Waals surface area contributed by atoms with Crippen molar-refractivity contribution in [3.05, 3.63) is 29.8 Å². The lowest BCUT2D eigenvalue weighted by Gasteiger charge is -2.10. The predicted molar refractivity (Wildman–Crippen MR) is 80.8 cm³/mol. The third kappa shape index (κ3) is 6.00. The van der Waals surface area contributed by atoms with Crippen LogP contribution < -0.4 is 10.5 Å². The molecule has 0 amide bonds. The molecule has 0 bridgehead atoms. The molecule has 0 heterocycles. The summed E-state index contributed by atoms with van der Waals surface area (Å²) in [6, 6.07) is 6.66. The van der Waals surface area contributed by atoms with Crippen molar-refractivity contribution in [2.75, 3.05) is 17.1 Å². The van der Waals surface area contributed by atoms with E-state index in [4.69, 9.17) is 22.7 Å². The van der Waals surface area contributed by atoms with E-state index in [-0.39, 0.29) is 23.5 Å². The number of rotatable bonds is 7. The van der Waals surface area contributed by atoms with Crippen LogP contribution in [0.1, 0.15) is 19.4 Å². The summed E-state index contributed by atoms with van der Waals surface area (Å²) in [5, 5.41) is 0. The third-order valence-electron chi connectivity index (χ3n) is 2.22. The van der Waals surface area contributed by atoms with Gasteiger partial charge in [-0.2, -0.15) is 0 Å². The normalized spacial score (nSPS) is 11.5. The van der Waals surface area contributed by atoms with E-state index in [0.717, 1.165) is 0 Å². The van der Waals surface area contributed by atoms with E-state index >= 15 is 0 Å². The Hall–Kier alpha value is -1.18. The fourth-order valence-corrected chi connectivity index (χ4v) is 2.39. The fourth-order valence-electron chi connectivity index (χ4n) is 1.36. The van der Waals surface area contributed by atoms with E-state index in [9.17, 15) is 8.42 Å². The van der Waals surface area contributed by atoms with Crippen LogP contribution in [-0.4, -0.2) is 31.9 Å². The average molecular weight is 302 g/mol. The second kappa shape index (κ2) is 6.83. The molecule has 0 radical (unpaired) electrons. The lowest BCUT2D eigenvalue weighted by Crippen LogP contribution is -2.21. The molecule has 19 heavy (non-hydrogen) atoms. The Bertz CT molecular complexity index is 542. The van der Waals surface area contributed by atoms with Crippen molar-refractivity contribution < 1.29 is 13.2 Å². The Balaban J connectivity index is 2.67. The highest BCUT2D eigenvalue weighted by molar-refractivity contribution is 7.92. The smallest absolute Gasteiger partial charge is 0.235 e. The SMILES string of the molecule is CC(C)OCCS(=O)(=O)Nc1cccc(C(N)=S)c1. The van der Waals surface area contributed by atoms with Crippen LogP contribution in [0.25, 0.3) is 0 Å². The minimum absolute atomic E-state index is 0.00754. The van der Waals surface area contributed by atoms with Gasteiger partial charge in [-0.05, 0) is 26.0 Å². The number of nitrogens with one attached hydrogen (secondary N) is 1. The average Bonchev–Trinajstić information content (AvgIpc) is 2.27. The zero-order valence-electron chi connectivity index (χ0n) is 10.9. The van der Waals surface area contributed by atoms with Crippen LogP contribution in [0.3, 0.4) is 0 Å². The second-order valence-electron chi connectivity index (χ2n) is 4.29. The first-order chi connectivity index (χ1) is 8.80. The molecule has 0 saturated carbocycles. The molecule has 0 unspecified atom stereocenters. The second-order valence-corrected chi connectivity index (χ2v) is 6.57. The monoisotopic (exact) mass is 302 g/mol. The quantitative estimate of drug-likeness (QED) is 0.746. The van der Waals surface area contributed by atoms with E-state index in [1.807, 2.05) is 13.8 Å². The fraction of sp³-hybridized carbons (Fsp3) is 0.417. The molecule has 0 atom stereocenters.